The Morgan fingerprint density at radius 3 is 2.44 bits per heavy atom. The van der Waals surface area contributed by atoms with Crippen LogP contribution >= 0.6 is 15.9 Å². The Morgan fingerprint density at radius 2 is 1.78 bits per heavy atom. The van der Waals surface area contributed by atoms with E-state index in [0.29, 0.717) is 0 Å². The predicted octanol–water partition coefficient (Wildman–Crippen LogP) is 3.98. The summed E-state index contributed by atoms with van der Waals surface area (Å²) >= 11 is 3.52. The van der Waals surface area contributed by atoms with Crippen LogP contribution < -0.4 is 10.6 Å². The van der Waals surface area contributed by atoms with Gasteiger partial charge in [-0.2, -0.15) is 0 Å². The summed E-state index contributed by atoms with van der Waals surface area (Å²) in [6, 6.07) is 14.3. The van der Waals surface area contributed by atoms with Gasteiger partial charge >= 0.3 is 0 Å². The molecule has 0 spiro atoms. The number of halogens is 1. The second-order valence-corrected chi connectivity index (χ2v) is 5.43. The molecule has 18 heavy (non-hydrogen) atoms. The number of anilines is 2. The SMILES string of the molecule is Cc1ccc(Br)cc1CN(C)c1ccc(N)cc1. The van der Waals surface area contributed by atoms with Crippen LogP contribution in [-0.4, -0.2) is 7.05 Å². The van der Waals surface area contributed by atoms with E-state index in [0.717, 1.165) is 16.7 Å². The first-order chi connectivity index (χ1) is 8.56. The first-order valence-electron chi connectivity index (χ1n) is 5.88. The number of hydrogen-bond acceptors (Lipinski definition) is 2. The van der Waals surface area contributed by atoms with Gasteiger partial charge in [-0.1, -0.05) is 22.0 Å². The molecular weight excluding hydrogens is 288 g/mol. The standard InChI is InChI=1S/C15H17BrN2/c1-11-3-4-13(16)9-12(11)10-18(2)15-7-5-14(17)6-8-15/h3-9H,10,17H2,1-2H3. The lowest BCUT2D eigenvalue weighted by Crippen LogP contribution is -2.17. The van der Waals surface area contributed by atoms with Crippen molar-refractivity contribution in [1.29, 1.82) is 0 Å². The molecule has 0 aliphatic heterocycles. The molecule has 2 N–H and O–H groups in total. The lowest BCUT2D eigenvalue weighted by Gasteiger charge is -2.21. The molecule has 3 heteroatoms. The van der Waals surface area contributed by atoms with Gasteiger partial charge in [0.25, 0.3) is 0 Å². The lowest BCUT2D eigenvalue weighted by molar-refractivity contribution is 0.913. The van der Waals surface area contributed by atoms with Gasteiger partial charge in [0.1, 0.15) is 0 Å². The summed E-state index contributed by atoms with van der Waals surface area (Å²) in [5.74, 6) is 0. The van der Waals surface area contributed by atoms with Crippen molar-refractivity contribution in [2.24, 2.45) is 0 Å². The summed E-state index contributed by atoms with van der Waals surface area (Å²) in [5, 5.41) is 0. The van der Waals surface area contributed by atoms with Gasteiger partial charge in [0, 0.05) is 29.4 Å². The van der Waals surface area contributed by atoms with Crippen LogP contribution in [0.3, 0.4) is 0 Å². The molecule has 0 unspecified atom stereocenters. The topological polar surface area (TPSA) is 29.3 Å². The fraction of sp³-hybridized carbons (Fsp3) is 0.200. The van der Waals surface area contributed by atoms with Crippen LogP contribution in [0.1, 0.15) is 11.1 Å². The molecule has 2 nitrogen and oxygen atoms in total. The largest absolute Gasteiger partial charge is 0.399 e. The highest BCUT2D eigenvalue weighted by Gasteiger charge is 2.05. The van der Waals surface area contributed by atoms with Gasteiger partial charge in [-0.15, -0.1) is 0 Å². The molecular formula is C15H17BrN2. The van der Waals surface area contributed by atoms with Gasteiger partial charge in [0.15, 0.2) is 0 Å². The maximum Gasteiger partial charge on any atom is 0.0429 e. The van der Waals surface area contributed by atoms with Gasteiger partial charge < -0.3 is 10.6 Å². The number of nitrogens with zero attached hydrogens (tertiary/aromatic N) is 1. The number of hydrogen-bond donors (Lipinski definition) is 1. The van der Waals surface area contributed by atoms with Crippen molar-refractivity contribution >= 4 is 27.3 Å². The van der Waals surface area contributed by atoms with E-state index >= 15 is 0 Å². The van der Waals surface area contributed by atoms with Gasteiger partial charge in [0.2, 0.25) is 0 Å². The van der Waals surface area contributed by atoms with E-state index in [1.165, 1.54) is 16.8 Å². The molecule has 0 aromatic heterocycles. The van der Waals surface area contributed by atoms with Crippen LogP contribution in [0, 0.1) is 6.92 Å². The van der Waals surface area contributed by atoms with Crippen LogP contribution in [0.2, 0.25) is 0 Å². The molecule has 2 aromatic carbocycles. The van der Waals surface area contributed by atoms with Crippen LogP contribution in [0.4, 0.5) is 11.4 Å². The van der Waals surface area contributed by atoms with Crippen molar-refractivity contribution in [3.05, 3.63) is 58.1 Å². The zero-order valence-electron chi connectivity index (χ0n) is 10.7. The summed E-state index contributed by atoms with van der Waals surface area (Å²) in [6.07, 6.45) is 0. The highest BCUT2D eigenvalue weighted by Crippen LogP contribution is 2.21. The number of aryl methyl sites for hydroxylation is 1. The fourth-order valence-corrected chi connectivity index (χ4v) is 2.29. The Hall–Kier alpha value is -1.48. The van der Waals surface area contributed by atoms with E-state index in [9.17, 15) is 0 Å². The molecule has 0 aliphatic rings. The van der Waals surface area contributed by atoms with E-state index in [2.05, 4.69) is 53.0 Å². The van der Waals surface area contributed by atoms with Crippen molar-refractivity contribution in [3.63, 3.8) is 0 Å². The highest BCUT2D eigenvalue weighted by atomic mass is 79.9. The lowest BCUT2D eigenvalue weighted by atomic mass is 10.1. The third-order valence-electron chi connectivity index (χ3n) is 3.05. The van der Waals surface area contributed by atoms with E-state index in [4.69, 9.17) is 5.73 Å². The van der Waals surface area contributed by atoms with E-state index in [1.54, 1.807) is 0 Å². The van der Waals surface area contributed by atoms with Crippen LogP contribution in [0.5, 0.6) is 0 Å². The summed E-state index contributed by atoms with van der Waals surface area (Å²) in [4.78, 5) is 2.22. The molecule has 2 aromatic rings. The average Bonchev–Trinajstić information content (AvgIpc) is 2.34. The highest BCUT2D eigenvalue weighted by molar-refractivity contribution is 9.10. The Morgan fingerprint density at radius 1 is 1.11 bits per heavy atom. The van der Waals surface area contributed by atoms with Gasteiger partial charge in [0.05, 0.1) is 0 Å². The smallest absolute Gasteiger partial charge is 0.0429 e. The van der Waals surface area contributed by atoms with Gasteiger partial charge in [-0.3, -0.25) is 0 Å². The minimum absolute atomic E-state index is 0.797. The third kappa shape index (κ3) is 3.05. The summed E-state index contributed by atoms with van der Waals surface area (Å²) in [5.41, 5.74) is 10.3. The van der Waals surface area contributed by atoms with Crippen LogP contribution in [0.25, 0.3) is 0 Å². The molecule has 0 aliphatic carbocycles. The van der Waals surface area contributed by atoms with Crippen molar-refractivity contribution < 1.29 is 0 Å². The van der Waals surface area contributed by atoms with Crippen molar-refractivity contribution in [3.8, 4) is 0 Å². The second-order valence-electron chi connectivity index (χ2n) is 4.52. The molecule has 0 heterocycles. The number of nitrogen functional groups attached to an aromatic ring is 1. The minimum Gasteiger partial charge on any atom is -0.399 e. The van der Waals surface area contributed by atoms with Crippen LogP contribution in [-0.2, 0) is 6.54 Å². The zero-order chi connectivity index (χ0) is 13.1. The number of nitrogens with two attached hydrogens (primary N) is 1. The molecule has 0 saturated carbocycles. The third-order valence-corrected chi connectivity index (χ3v) is 3.55. The molecule has 94 valence electrons. The van der Waals surface area contributed by atoms with E-state index < -0.39 is 0 Å². The van der Waals surface area contributed by atoms with Crippen molar-refractivity contribution in [2.45, 2.75) is 13.5 Å². The molecule has 0 saturated heterocycles. The second kappa shape index (κ2) is 5.44. The van der Waals surface area contributed by atoms with Gasteiger partial charge in [-0.25, -0.2) is 0 Å². The first-order valence-corrected chi connectivity index (χ1v) is 6.67. The van der Waals surface area contributed by atoms with Crippen molar-refractivity contribution in [1.82, 2.24) is 0 Å². The molecule has 0 bridgehead atoms. The normalized spacial score (nSPS) is 10.4. The molecule has 2 rings (SSSR count). The molecule has 0 radical (unpaired) electrons. The van der Waals surface area contributed by atoms with E-state index in [-0.39, 0.29) is 0 Å². The Kier molecular flexibility index (Phi) is 3.92. The summed E-state index contributed by atoms with van der Waals surface area (Å²) in [7, 11) is 2.09. The Balaban J connectivity index is 2.18. The number of rotatable bonds is 3. The summed E-state index contributed by atoms with van der Waals surface area (Å²) < 4.78 is 1.12. The summed E-state index contributed by atoms with van der Waals surface area (Å²) in [6.45, 7) is 3.02. The van der Waals surface area contributed by atoms with E-state index in [1.807, 2.05) is 24.3 Å². The van der Waals surface area contributed by atoms with Gasteiger partial charge in [-0.05, 0) is 54.4 Å². The minimum atomic E-state index is 0.797. The zero-order valence-corrected chi connectivity index (χ0v) is 12.2. The van der Waals surface area contributed by atoms with Crippen LogP contribution in [0.15, 0.2) is 46.9 Å². The fourth-order valence-electron chi connectivity index (χ4n) is 1.89. The molecule has 0 fully saturated rings. The maximum absolute atomic E-state index is 5.70. The Labute approximate surface area is 117 Å². The number of benzene rings is 2. The monoisotopic (exact) mass is 304 g/mol. The predicted molar refractivity (Wildman–Crippen MR) is 81.8 cm³/mol. The van der Waals surface area contributed by atoms with Crippen molar-refractivity contribution in [2.75, 3.05) is 17.7 Å². The Bertz CT molecular complexity index is 535. The molecule has 0 amide bonds. The molecule has 0 atom stereocenters. The maximum atomic E-state index is 5.70. The average molecular weight is 305 g/mol. The quantitative estimate of drug-likeness (QED) is 0.869. The first kappa shape index (κ1) is 13.0.